The Morgan fingerprint density at radius 2 is 2.21 bits per heavy atom. The van der Waals surface area contributed by atoms with E-state index in [1.807, 2.05) is 19.4 Å². The Hall–Kier alpha value is -1.68. The Morgan fingerprint density at radius 3 is 2.89 bits per heavy atom. The van der Waals surface area contributed by atoms with Crippen molar-refractivity contribution >= 4 is 29.9 Å². The Morgan fingerprint density at radius 1 is 1.43 bits per heavy atom. The minimum absolute atomic E-state index is 0. The number of nitrogens with one attached hydrogen (secondary N) is 1. The van der Waals surface area contributed by atoms with E-state index in [-0.39, 0.29) is 36.1 Å². The standard InChI is InChI=1S/C20H28FN5O.HI/c1-3-23-20(24-12-19(27)16-6-4-5-7-17(16)21)25-10-8-15(2)18(13-25)26-11-9-22-14-26;/h4-7,9,11,14-15,18-19,27H,3,8,10,12-13H2,1-2H3,(H,23,24);1H. The van der Waals surface area contributed by atoms with Gasteiger partial charge in [0.1, 0.15) is 11.9 Å². The summed E-state index contributed by atoms with van der Waals surface area (Å²) < 4.78 is 16.0. The molecule has 1 saturated heterocycles. The molecule has 1 aliphatic heterocycles. The van der Waals surface area contributed by atoms with Crippen molar-refractivity contribution in [3.8, 4) is 0 Å². The summed E-state index contributed by atoms with van der Waals surface area (Å²) in [6, 6.07) is 6.61. The average Bonchev–Trinajstić information content (AvgIpc) is 3.20. The highest BCUT2D eigenvalue weighted by molar-refractivity contribution is 14.0. The lowest BCUT2D eigenvalue weighted by atomic mass is 9.93. The summed E-state index contributed by atoms with van der Waals surface area (Å²) >= 11 is 0. The second-order valence-corrected chi connectivity index (χ2v) is 7.02. The lowest BCUT2D eigenvalue weighted by Crippen LogP contribution is -2.49. The van der Waals surface area contributed by atoms with E-state index in [0.29, 0.717) is 12.0 Å². The third kappa shape index (κ3) is 5.44. The highest BCUT2D eigenvalue weighted by atomic mass is 127. The van der Waals surface area contributed by atoms with Crippen LogP contribution in [0.3, 0.4) is 0 Å². The van der Waals surface area contributed by atoms with E-state index in [0.717, 1.165) is 32.0 Å². The Bertz CT molecular complexity index is 755. The van der Waals surface area contributed by atoms with Crippen molar-refractivity contribution in [2.45, 2.75) is 32.4 Å². The van der Waals surface area contributed by atoms with Gasteiger partial charge in [-0.25, -0.2) is 9.37 Å². The molecule has 0 aliphatic carbocycles. The van der Waals surface area contributed by atoms with Crippen LogP contribution in [0.15, 0.2) is 48.0 Å². The summed E-state index contributed by atoms with van der Waals surface area (Å²) in [7, 11) is 0. The molecule has 8 heteroatoms. The first-order valence-corrected chi connectivity index (χ1v) is 9.53. The van der Waals surface area contributed by atoms with Gasteiger partial charge < -0.3 is 19.9 Å². The van der Waals surface area contributed by atoms with Gasteiger partial charge in [-0.05, 0) is 25.3 Å². The Kier molecular flexibility index (Phi) is 8.68. The lowest BCUT2D eigenvalue weighted by molar-refractivity contribution is 0.176. The zero-order valence-corrected chi connectivity index (χ0v) is 18.7. The summed E-state index contributed by atoms with van der Waals surface area (Å²) in [6.07, 6.45) is 5.74. The molecule has 0 spiro atoms. The minimum Gasteiger partial charge on any atom is -0.386 e. The third-order valence-electron chi connectivity index (χ3n) is 5.14. The van der Waals surface area contributed by atoms with Crippen LogP contribution in [0.2, 0.25) is 0 Å². The quantitative estimate of drug-likeness (QED) is 0.375. The largest absolute Gasteiger partial charge is 0.386 e. The monoisotopic (exact) mass is 501 g/mol. The van der Waals surface area contributed by atoms with E-state index in [2.05, 4.69) is 31.7 Å². The summed E-state index contributed by atoms with van der Waals surface area (Å²) in [5.74, 6) is 0.893. The van der Waals surface area contributed by atoms with Crippen molar-refractivity contribution < 1.29 is 9.50 Å². The first kappa shape index (κ1) is 22.6. The molecule has 1 fully saturated rings. The molecular formula is C20H29FIN5O. The summed E-state index contributed by atoms with van der Waals surface area (Å²) in [6.45, 7) is 6.84. The van der Waals surface area contributed by atoms with Crippen molar-refractivity contribution in [3.05, 3.63) is 54.4 Å². The van der Waals surface area contributed by atoms with Crippen molar-refractivity contribution in [1.82, 2.24) is 19.8 Å². The van der Waals surface area contributed by atoms with Crippen LogP contribution in [0, 0.1) is 11.7 Å². The normalized spacial score (nSPS) is 21.1. The number of aliphatic hydroxyl groups excluding tert-OH is 1. The van der Waals surface area contributed by atoms with Gasteiger partial charge in [-0.3, -0.25) is 4.99 Å². The molecule has 6 nitrogen and oxygen atoms in total. The fourth-order valence-electron chi connectivity index (χ4n) is 3.54. The van der Waals surface area contributed by atoms with Gasteiger partial charge in [0.2, 0.25) is 0 Å². The van der Waals surface area contributed by atoms with Gasteiger partial charge in [-0.15, -0.1) is 24.0 Å². The molecule has 0 radical (unpaired) electrons. The topological polar surface area (TPSA) is 65.7 Å². The molecule has 2 heterocycles. The van der Waals surface area contributed by atoms with Crippen LogP contribution in [0.1, 0.15) is 38.0 Å². The fourth-order valence-corrected chi connectivity index (χ4v) is 3.54. The van der Waals surface area contributed by atoms with E-state index < -0.39 is 11.9 Å². The number of piperidine rings is 1. The van der Waals surface area contributed by atoms with E-state index in [9.17, 15) is 9.50 Å². The number of likely N-dealkylation sites (tertiary alicyclic amines) is 1. The molecule has 3 unspecified atom stereocenters. The maximum absolute atomic E-state index is 13.9. The van der Waals surface area contributed by atoms with E-state index in [4.69, 9.17) is 0 Å². The zero-order chi connectivity index (χ0) is 19.2. The molecule has 0 bridgehead atoms. The lowest BCUT2D eigenvalue weighted by Gasteiger charge is -2.39. The van der Waals surface area contributed by atoms with Crippen molar-refractivity contribution in [3.63, 3.8) is 0 Å². The summed E-state index contributed by atoms with van der Waals surface area (Å²) in [4.78, 5) is 11.0. The van der Waals surface area contributed by atoms with Crippen LogP contribution >= 0.6 is 24.0 Å². The second-order valence-electron chi connectivity index (χ2n) is 7.02. The van der Waals surface area contributed by atoms with Crippen molar-refractivity contribution in [2.75, 3.05) is 26.2 Å². The molecular weight excluding hydrogens is 472 g/mol. The van der Waals surface area contributed by atoms with Crippen LogP contribution in [0.5, 0.6) is 0 Å². The van der Waals surface area contributed by atoms with E-state index >= 15 is 0 Å². The SMILES string of the molecule is CCNC(=NCC(O)c1ccccc1F)N1CCC(C)C(n2ccnc2)C1.I. The van der Waals surface area contributed by atoms with E-state index in [1.54, 1.807) is 24.4 Å². The molecule has 154 valence electrons. The number of aliphatic hydroxyl groups is 1. The maximum atomic E-state index is 13.9. The number of aliphatic imine (C=N–C) groups is 1. The van der Waals surface area contributed by atoms with Crippen LogP contribution in [0.4, 0.5) is 4.39 Å². The van der Waals surface area contributed by atoms with Gasteiger partial charge in [0, 0.05) is 37.6 Å². The van der Waals surface area contributed by atoms with Gasteiger partial charge in [-0.2, -0.15) is 0 Å². The van der Waals surface area contributed by atoms with Gasteiger partial charge in [0.15, 0.2) is 5.96 Å². The molecule has 28 heavy (non-hydrogen) atoms. The van der Waals surface area contributed by atoms with Gasteiger partial charge >= 0.3 is 0 Å². The predicted molar refractivity (Wildman–Crippen MR) is 119 cm³/mol. The number of benzene rings is 1. The molecule has 1 aromatic carbocycles. The number of hydrogen-bond acceptors (Lipinski definition) is 3. The van der Waals surface area contributed by atoms with Crippen LogP contribution < -0.4 is 5.32 Å². The zero-order valence-electron chi connectivity index (χ0n) is 16.3. The first-order valence-electron chi connectivity index (χ1n) is 9.53. The average molecular weight is 501 g/mol. The van der Waals surface area contributed by atoms with Gasteiger partial charge in [0.25, 0.3) is 0 Å². The van der Waals surface area contributed by atoms with Crippen molar-refractivity contribution in [1.29, 1.82) is 0 Å². The number of aromatic nitrogens is 2. The first-order chi connectivity index (χ1) is 13.1. The Balaban J connectivity index is 0.00000280. The van der Waals surface area contributed by atoms with Crippen molar-refractivity contribution in [2.24, 2.45) is 10.9 Å². The molecule has 2 N–H and O–H groups in total. The summed E-state index contributed by atoms with van der Waals surface area (Å²) in [5.41, 5.74) is 0.278. The van der Waals surface area contributed by atoms with Crippen LogP contribution in [-0.2, 0) is 0 Å². The Labute approximate surface area is 182 Å². The van der Waals surface area contributed by atoms with E-state index in [1.165, 1.54) is 6.07 Å². The molecule has 1 aliphatic rings. The molecule has 1 aromatic heterocycles. The molecule has 3 rings (SSSR count). The number of hydrogen-bond donors (Lipinski definition) is 2. The molecule has 3 atom stereocenters. The highest BCUT2D eigenvalue weighted by Crippen LogP contribution is 2.27. The smallest absolute Gasteiger partial charge is 0.194 e. The molecule has 0 amide bonds. The fraction of sp³-hybridized carbons (Fsp3) is 0.500. The predicted octanol–water partition coefficient (Wildman–Crippen LogP) is 3.22. The third-order valence-corrected chi connectivity index (χ3v) is 5.14. The maximum Gasteiger partial charge on any atom is 0.194 e. The van der Waals surface area contributed by atoms with Gasteiger partial charge in [-0.1, -0.05) is 25.1 Å². The molecule has 2 aromatic rings. The number of rotatable bonds is 5. The number of nitrogens with zero attached hydrogens (tertiary/aromatic N) is 4. The minimum atomic E-state index is -0.965. The number of halogens is 2. The summed E-state index contributed by atoms with van der Waals surface area (Å²) in [5, 5.41) is 13.7. The van der Waals surface area contributed by atoms with Crippen LogP contribution in [-0.4, -0.2) is 51.7 Å². The molecule has 0 saturated carbocycles. The van der Waals surface area contributed by atoms with Crippen LogP contribution in [0.25, 0.3) is 0 Å². The second kappa shape index (κ2) is 10.8. The number of imidazole rings is 1. The van der Waals surface area contributed by atoms with Gasteiger partial charge in [0.05, 0.1) is 18.9 Å². The number of guanidine groups is 1. The highest BCUT2D eigenvalue weighted by Gasteiger charge is 2.29.